The van der Waals surface area contributed by atoms with Crippen molar-refractivity contribution >= 4 is 29.9 Å². The molecule has 0 aliphatic rings. The van der Waals surface area contributed by atoms with Gasteiger partial charge in [0.05, 0.1) is 0 Å². The molecule has 0 radical (unpaired) electrons. The van der Waals surface area contributed by atoms with Crippen LogP contribution in [0, 0.1) is 5.92 Å². The van der Waals surface area contributed by atoms with E-state index in [1.165, 1.54) is 0 Å². The van der Waals surface area contributed by atoms with Crippen molar-refractivity contribution < 1.29 is 9.53 Å². The fourth-order valence-electron chi connectivity index (χ4n) is 1.30. The van der Waals surface area contributed by atoms with Crippen LogP contribution in [0.4, 0.5) is 0 Å². The number of hydrogen-bond acceptors (Lipinski definition) is 6. The second-order valence-electron chi connectivity index (χ2n) is 3.75. The second-order valence-corrected chi connectivity index (χ2v) is 5.50. The number of carbonyl (C=O) groups excluding carboxylic acids is 1. The maximum absolute atomic E-state index is 11.9. The molecule has 2 N–H and O–H groups in total. The summed E-state index contributed by atoms with van der Waals surface area (Å²) >= 11 is 3.09. The standard InChI is InChI=1S/C10H22N2O2S2/c1-8(2)7-9(12(15-3)16-4)10(13)14-6-5-11/h8-9H,5-7,11H2,1-4H3. The third-order valence-corrected chi connectivity index (χ3v) is 4.07. The van der Waals surface area contributed by atoms with E-state index in [4.69, 9.17) is 10.5 Å². The number of nitrogens with two attached hydrogens (primary N) is 1. The van der Waals surface area contributed by atoms with Gasteiger partial charge in [0, 0.05) is 6.54 Å². The van der Waals surface area contributed by atoms with E-state index in [1.54, 1.807) is 23.9 Å². The average Bonchev–Trinajstić information content (AvgIpc) is 2.25. The molecule has 0 aliphatic heterocycles. The van der Waals surface area contributed by atoms with Gasteiger partial charge in [0.1, 0.15) is 12.6 Å². The Balaban J connectivity index is 4.44. The average molecular weight is 266 g/mol. The molecule has 96 valence electrons. The zero-order chi connectivity index (χ0) is 12.6. The van der Waals surface area contributed by atoms with E-state index >= 15 is 0 Å². The molecule has 0 saturated heterocycles. The summed E-state index contributed by atoms with van der Waals surface area (Å²) in [5.74, 6) is 0.278. The van der Waals surface area contributed by atoms with Gasteiger partial charge in [0.25, 0.3) is 0 Å². The summed E-state index contributed by atoms with van der Waals surface area (Å²) in [7, 11) is 0. The van der Waals surface area contributed by atoms with Crippen LogP contribution < -0.4 is 5.73 Å². The molecule has 0 rings (SSSR count). The molecule has 0 fully saturated rings. The van der Waals surface area contributed by atoms with Crippen LogP contribution in [0.25, 0.3) is 0 Å². The van der Waals surface area contributed by atoms with Gasteiger partial charge in [-0.25, -0.2) is 0 Å². The Labute approximate surface area is 107 Å². The first-order chi connectivity index (χ1) is 7.56. The predicted molar refractivity (Wildman–Crippen MR) is 72.1 cm³/mol. The van der Waals surface area contributed by atoms with Crippen LogP contribution in [-0.2, 0) is 9.53 Å². The van der Waals surface area contributed by atoms with Crippen molar-refractivity contribution in [2.45, 2.75) is 26.3 Å². The van der Waals surface area contributed by atoms with Gasteiger partial charge < -0.3 is 10.5 Å². The van der Waals surface area contributed by atoms with Gasteiger partial charge in [0.15, 0.2) is 0 Å². The first-order valence-corrected chi connectivity index (χ1v) is 7.67. The summed E-state index contributed by atoms with van der Waals surface area (Å²) in [6.45, 7) is 4.87. The molecule has 1 atom stereocenters. The maximum Gasteiger partial charge on any atom is 0.325 e. The van der Waals surface area contributed by atoms with E-state index in [-0.39, 0.29) is 12.0 Å². The van der Waals surface area contributed by atoms with Gasteiger partial charge >= 0.3 is 5.97 Å². The summed E-state index contributed by atoms with van der Waals surface area (Å²) in [5.41, 5.74) is 5.32. The minimum absolute atomic E-state index is 0.178. The van der Waals surface area contributed by atoms with Crippen LogP contribution in [0.1, 0.15) is 20.3 Å². The first kappa shape index (κ1) is 16.1. The number of rotatable bonds is 8. The first-order valence-electron chi connectivity index (χ1n) is 5.30. The predicted octanol–water partition coefficient (Wildman–Crippen LogP) is 1.76. The third kappa shape index (κ3) is 5.98. The largest absolute Gasteiger partial charge is 0.463 e. The lowest BCUT2D eigenvalue weighted by molar-refractivity contribution is -0.147. The molecular formula is C10H22N2O2S2. The molecule has 0 heterocycles. The van der Waals surface area contributed by atoms with E-state index in [1.807, 2.05) is 16.2 Å². The fraction of sp³-hybridized carbons (Fsp3) is 0.900. The van der Waals surface area contributed by atoms with Crippen LogP contribution >= 0.6 is 23.9 Å². The molecule has 0 spiro atoms. The van der Waals surface area contributed by atoms with Crippen molar-refractivity contribution in [3.63, 3.8) is 0 Å². The van der Waals surface area contributed by atoms with Gasteiger partial charge in [-0.2, -0.15) is 3.71 Å². The fourth-order valence-corrected chi connectivity index (χ4v) is 2.75. The molecular weight excluding hydrogens is 244 g/mol. The van der Waals surface area contributed by atoms with Gasteiger partial charge in [-0.1, -0.05) is 37.7 Å². The Morgan fingerprint density at radius 1 is 1.38 bits per heavy atom. The highest BCUT2D eigenvalue weighted by Gasteiger charge is 2.27. The van der Waals surface area contributed by atoms with Crippen LogP contribution in [-0.4, -0.2) is 41.4 Å². The summed E-state index contributed by atoms with van der Waals surface area (Å²) < 4.78 is 7.08. The lowest BCUT2D eigenvalue weighted by atomic mass is 10.1. The molecule has 0 aromatic heterocycles. The number of nitrogens with zero attached hydrogens (tertiary/aromatic N) is 1. The van der Waals surface area contributed by atoms with E-state index in [0.29, 0.717) is 19.1 Å². The normalized spacial score (nSPS) is 13.2. The SMILES string of the molecule is CSN(SC)C(CC(C)C)C(=O)OCCN. The molecule has 1 unspecified atom stereocenters. The zero-order valence-corrected chi connectivity index (χ0v) is 12.1. The minimum Gasteiger partial charge on any atom is -0.463 e. The van der Waals surface area contributed by atoms with Crippen molar-refractivity contribution in [3.05, 3.63) is 0 Å². The molecule has 0 bridgehead atoms. The van der Waals surface area contributed by atoms with Gasteiger partial charge in [-0.3, -0.25) is 4.79 Å². The topological polar surface area (TPSA) is 55.6 Å². The Hall–Kier alpha value is 0.0900. The molecule has 0 amide bonds. The van der Waals surface area contributed by atoms with Crippen molar-refractivity contribution in [2.75, 3.05) is 25.7 Å². The molecule has 4 nitrogen and oxygen atoms in total. The maximum atomic E-state index is 11.9. The Morgan fingerprint density at radius 3 is 2.31 bits per heavy atom. The highest BCUT2D eigenvalue weighted by molar-refractivity contribution is 8.11. The number of hydrogen-bond donors (Lipinski definition) is 1. The molecule has 6 heteroatoms. The zero-order valence-electron chi connectivity index (χ0n) is 10.4. The molecule has 0 aliphatic carbocycles. The van der Waals surface area contributed by atoms with E-state index in [2.05, 4.69) is 13.8 Å². The number of carbonyl (C=O) groups is 1. The second kappa shape index (κ2) is 9.15. The summed E-state index contributed by atoms with van der Waals surface area (Å²) in [6.07, 6.45) is 4.71. The smallest absolute Gasteiger partial charge is 0.325 e. The van der Waals surface area contributed by atoms with E-state index in [9.17, 15) is 4.79 Å². The molecule has 0 aromatic rings. The van der Waals surface area contributed by atoms with Crippen LogP contribution in [0.2, 0.25) is 0 Å². The van der Waals surface area contributed by atoms with Crippen molar-refractivity contribution in [3.8, 4) is 0 Å². The summed E-state index contributed by atoms with van der Waals surface area (Å²) in [6, 6.07) is -0.198. The number of ether oxygens (including phenoxy) is 1. The van der Waals surface area contributed by atoms with Crippen LogP contribution in [0.5, 0.6) is 0 Å². The highest BCUT2D eigenvalue weighted by atomic mass is 32.2. The molecule has 0 aromatic carbocycles. The van der Waals surface area contributed by atoms with Crippen LogP contribution in [0.15, 0.2) is 0 Å². The molecule has 0 saturated carbocycles. The van der Waals surface area contributed by atoms with E-state index < -0.39 is 0 Å². The third-order valence-electron chi connectivity index (χ3n) is 1.94. The van der Waals surface area contributed by atoms with Gasteiger partial charge in [0.2, 0.25) is 0 Å². The number of esters is 1. The monoisotopic (exact) mass is 266 g/mol. The van der Waals surface area contributed by atoms with Gasteiger partial charge in [-0.05, 0) is 24.9 Å². The highest BCUT2D eigenvalue weighted by Crippen LogP contribution is 2.25. The Kier molecular flexibility index (Phi) is 9.21. The lowest BCUT2D eigenvalue weighted by Crippen LogP contribution is -2.36. The Bertz CT molecular complexity index is 199. The molecule has 16 heavy (non-hydrogen) atoms. The minimum atomic E-state index is -0.198. The summed E-state index contributed by atoms with van der Waals surface area (Å²) in [4.78, 5) is 11.9. The Morgan fingerprint density at radius 2 is 1.94 bits per heavy atom. The summed E-state index contributed by atoms with van der Waals surface area (Å²) in [5, 5.41) is 0. The van der Waals surface area contributed by atoms with E-state index in [0.717, 1.165) is 6.42 Å². The van der Waals surface area contributed by atoms with Gasteiger partial charge in [-0.15, -0.1) is 0 Å². The lowest BCUT2D eigenvalue weighted by Gasteiger charge is -2.26. The van der Waals surface area contributed by atoms with Crippen LogP contribution in [0.3, 0.4) is 0 Å². The van der Waals surface area contributed by atoms with Crippen molar-refractivity contribution in [1.29, 1.82) is 0 Å². The van der Waals surface area contributed by atoms with Crippen molar-refractivity contribution in [2.24, 2.45) is 11.7 Å². The van der Waals surface area contributed by atoms with Crippen molar-refractivity contribution in [1.82, 2.24) is 3.71 Å². The quantitative estimate of drug-likeness (QED) is 0.534.